The van der Waals surface area contributed by atoms with Gasteiger partial charge in [-0.1, -0.05) is 84.9 Å². The van der Waals surface area contributed by atoms with Crippen LogP contribution in [0.5, 0.6) is 0 Å². The Morgan fingerprint density at radius 2 is 1.30 bits per heavy atom. The molecule has 0 N–H and O–H groups in total. The van der Waals surface area contributed by atoms with Gasteiger partial charge < -0.3 is 24.5 Å². The van der Waals surface area contributed by atoms with Crippen LogP contribution in [-0.4, -0.2) is 96.7 Å². The first-order chi connectivity index (χ1) is 25.9. The van der Waals surface area contributed by atoms with Gasteiger partial charge in [-0.3, -0.25) is 14.4 Å². The SMILES string of the molecule is CC(=O)N1CCN(c2ccc(CN(C(=O)C=Cc3ccc(C(F)(F)F)cc3)C(Cc3ccccc3)C(=O)N(C)CCN(C)Cc3ccccc3)cc2)CC1. The molecule has 284 valence electrons. The van der Waals surface area contributed by atoms with Crippen molar-refractivity contribution in [2.24, 2.45) is 0 Å². The molecule has 1 aliphatic rings. The maximum Gasteiger partial charge on any atom is 0.416 e. The highest BCUT2D eigenvalue weighted by Gasteiger charge is 2.32. The van der Waals surface area contributed by atoms with Gasteiger partial charge in [0.1, 0.15) is 6.04 Å². The molecule has 3 amide bonds. The highest BCUT2D eigenvalue weighted by atomic mass is 19.4. The molecule has 1 atom stereocenters. The Morgan fingerprint density at radius 1 is 0.722 bits per heavy atom. The summed E-state index contributed by atoms with van der Waals surface area (Å²) < 4.78 is 39.6. The smallest absolute Gasteiger partial charge is 0.368 e. The molecular weight excluding hydrogens is 691 g/mol. The van der Waals surface area contributed by atoms with E-state index in [4.69, 9.17) is 0 Å². The molecule has 0 radical (unpaired) electrons. The molecule has 0 saturated carbocycles. The molecule has 0 aromatic heterocycles. The molecule has 1 saturated heterocycles. The molecule has 0 spiro atoms. The van der Waals surface area contributed by atoms with Crippen molar-refractivity contribution in [2.45, 2.75) is 38.7 Å². The van der Waals surface area contributed by atoms with E-state index in [9.17, 15) is 27.6 Å². The zero-order chi connectivity index (χ0) is 38.7. The molecule has 4 aromatic rings. The molecule has 4 aromatic carbocycles. The van der Waals surface area contributed by atoms with E-state index in [1.807, 2.05) is 84.7 Å². The van der Waals surface area contributed by atoms with Gasteiger partial charge in [-0.2, -0.15) is 13.2 Å². The van der Waals surface area contributed by atoms with Crippen LogP contribution in [-0.2, 0) is 40.1 Å². The fraction of sp³-hybridized carbons (Fsp3) is 0.326. The molecule has 11 heteroatoms. The third kappa shape index (κ3) is 11.3. The molecule has 5 rings (SSSR count). The molecule has 1 aliphatic heterocycles. The summed E-state index contributed by atoms with van der Waals surface area (Å²) in [6, 6.07) is 31.2. The minimum absolute atomic E-state index is 0.0616. The maximum absolute atomic E-state index is 14.4. The van der Waals surface area contributed by atoms with Crippen LogP contribution in [0.2, 0.25) is 0 Å². The van der Waals surface area contributed by atoms with Crippen LogP contribution < -0.4 is 4.90 Å². The Labute approximate surface area is 316 Å². The summed E-state index contributed by atoms with van der Waals surface area (Å²) in [7, 11) is 3.75. The summed E-state index contributed by atoms with van der Waals surface area (Å²) in [5, 5.41) is 0. The molecule has 1 fully saturated rings. The summed E-state index contributed by atoms with van der Waals surface area (Å²) in [5.41, 5.74) is 3.51. The topological polar surface area (TPSA) is 67.4 Å². The number of likely N-dealkylation sites (N-methyl/N-ethyl adjacent to an activating group) is 2. The Kier molecular flexibility index (Phi) is 13.7. The van der Waals surface area contributed by atoms with E-state index in [1.54, 1.807) is 23.8 Å². The first kappa shape index (κ1) is 39.8. The lowest BCUT2D eigenvalue weighted by Gasteiger charge is -2.36. The number of anilines is 1. The van der Waals surface area contributed by atoms with Crippen LogP contribution in [0.1, 0.15) is 34.7 Å². The van der Waals surface area contributed by atoms with Gasteiger partial charge in [0, 0.05) is 84.5 Å². The van der Waals surface area contributed by atoms with E-state index in [0.717, 1.165) is 41.1 Å². The highest BCUT2D eigenvalue weighted by Crippen LogP contribution is 2.29. The largest absolute Gasteiger partial charge is 0.416 e. The number of carbonyl (C=O) groups excluding carboxylic acids is 3. The summed E-state index contributed by atoms with van der Waals surface area (Å²) in [5.74, 6) is -0.599. The van der Waals surface area contributed by atoms with E-state index in [1.165, 1.54) is 24.3 Å². The second-order valence-electron chi connectivity index (χ2n) is 13.8. The van der Waals surface area contributed by atoms with Gasteiger partial charge in [-0.15, -0.1) is 0 Å². The minimum atomic E-state index is -4.47. The summed E-state index contributed by atoms with van der Waals surface area (Å²) in [6.45, 7) is 6.16. The molecule has 1 unspecified atom stereocenters. The number of amides is 3. The predicted molar refractivity (Wildman–Crippen MR) is 206 cm³/mol. The first-order valence-corrected chi connectivity index (χ1v) is 18.1. The van der Waals surface area contributed by atoms with Crippen molar-refractivity contribution in [1.29, 1.82) is 0 Å². The third-order valence-corrected chi connectivity index (χ3v) is 9.74. The van der Waals surface area contributed by atoms with E-state index >= 15 is 0 Å². The van der Waals surface area contributed by atoms with Crippen molar-refractivity contribution in [3.05, 3.63) is 143 Å². The van der Waals surface area contributed by atoms with Crippen LogP contribution >= 0.6 is 0 Å². The number of benzene rings is 4. The van der Waals surface area contributed by atoms with Gasteiger partial charge in [-0.05, 0) is 59.6 Å². The Balaban J connectivity index is 1.40. The summed E-state index contributed by atoms with van der Waals surface area (Å²) in [4.78, 5) is 49.9. The second kappa shape index (κ2) is 18.6. The van der Waals surface area contributed by atoms with Gasteiger partial charge in [0.05, 0.1) is 5.56 Å². The lowest BCUT2D eigenvalue weighted by atomic mass is 10.0. The quantitative estimate of drug-likeness (QED) is 0.136. The predicted octanol–water partition coefficient (Wildman–Crippen LogP) is 6.62. The number of carbonyl (C=O) groups is 3. The van der Waals surface area contributed by atoms with Crippen molar-refractivity contribution in [1.82, 2.24) is 19.6 Å². The van der Waals surface area contributed by atoms with Crippen LogP contribution in [0.4, 0.5) is 18.9 Å². The maximum atomic E-state index is 14.4. The number of rotatable bonds is 14. The van der Waals surface area contributed by atoms with Crippen molar-refractivity contribution >= 4 is 29.5 Å². The van der Waals surface area contributed by atoms with Gasteiger partial charge >= 0.3 is 6.18 Å². The summed E-state index contributed by atoms with van der Waals surface area (Å²) >= 11 is 0. The van der Waals surface area contributed by atoms with Crippen molar-refractivity contribution in [2.75, 3.05) is 58.3 Å². The zero-order valence-corrected chi connectivity index (χ0v) is 31.1. The Hall–Kier alpha value is -5.42. The van der Waals surface area contributed by atoms with Gasteiger partial charge in [0.2, 0.25) is 17.7 Å². The number of hydrogen-bond acceptors (Lipinski definition) is 5. The van der Waals surface area contributed by atoms with Crippen molar-refractivity contribution in [3.63, 3.8) is 0 Å². The van der Waals surface area contributed by atoms with Gasteiger partial charge in [0.25, 0.3) is 0 Å². The van der Waals surface area contributed by atoms with Crippen LogP contribution in [0, 0.1) is 0 Å². The van der Waals surface area contributed by atoms with Crippen molar-refractivity contribution < 1.29 is 27.6 Å². The van der Waals surface area contributed by atoms with E-state index in [0.29, 0.717) is 44.8 Å². The molecular formula is C43H48F3N5O3. The van der Waals surface area contributed by atoms with Crippen molar-refractivity contribution in [3.8, 4) is 0 Å². The van der Waals surface area contributed by atoms with E-state index < -0.39 is 23.7 Å². The number of piperazine rings is 1. The lowest BCUT2D eigenvalue weighted by Crippen LogP contribution is -2.51. The van der Waals surface area contributed by atoms with E-state index in [2.05, 4.69) is 21.9 Å². The molecule has 8 nitrogen and oxygen atoms in total. The normalized spacial score (nSPS) is 14.0. The van der Waals surface area contributed by atoms with Crippen LogP contribution in [0.15, 0.2) is 115 Å². The molecule has 54 heavy (non-hydrogen) atoms. The lowest BCUT2D eigenvalue weighted by molar-refractivity contribution is -0.143. The molecule has 0 bridgehead atoms. The van der Waals surface area contributed by atoms with Crippen LogP contribution in [0.3, 0.4) is 0 Å². The Morgan fingerprint density at radius 3 is 1.87 bits per heavy atom. The second-order valence-corrected chi connectivity index (χ2v) is 13.8. The van der Waals surface area contributed by atoms with Gasteiger partial charge in [-0.25, -0.2) is 0 Å². The highest BCUT2D eigenvalue weighted by molar-refractivity contribution is 5.95. The first-order valence-electron chi connectivity index (χ1n) is 18.1. The number of alkyl halides is 3. The minimum Gasteiger partial charge on any atom is -0.368 e. The monoisotopic (exact) mass is 739 g/mol. The zero-order valence-electron chi connectivity index (χ0n) is 31.1. The number of hydrogen-bond donors (Lipinski definition) is 0. The average molecular weight is 740 g/mol. The standard InChI is InChI=1S/C43H48F3N5O3/c1-33(52)49-26-28-50(29-27-49)39-21-16-37(17-22-39)32-51(41(53)23-18-34-14-19-38(20-15-34)43(44,45)46)40(30-35-10-6-4-7-11-35)42(54)48(3)25-24-47(2)31-36-12-8-5-9-13-36/h4-23,40H,24-32H2,1-3H3. The fourth-order valence-electron chi connectivity index (χ4n) is 6.50. The van der Waals surface area contributed by atoms with Crippen LogP contribution in [0.25, 0.3) is 6.08 Å². The fourth-order valence-corrected chi connectivity index (χ4v) is 6.50. The average Bonchev–Trinajstić information content (AvgIpc) is 3.18. The number of halogens is 3. The third-order valence-electron chi connectivity index (χ3n) is 9.74. The molecule has 0 aliphatic carbocycles. The summed E-state index contributed by atoms with van der Waals surface area (Å²) in [6.07, 6.45) is -1.40. The van der Waals surface area contributed by atoms with Gasteiger partial charge in [0.15, 0.2) is 0 Å². The van der Waals surface area contributed by atoms with E-state index in [-0.39, 0.29) is 24.8 Å². The molecule has 1 heterocycles. The Bertz CT molecular complexity index is 1840. The number of nitrogens with zero attached hydrogens (tertiary/aromatic N) is 5.